The summed E-state index contributed by atoms with van der Waals surface area (Å²) in [5.41, 5.74) is 0. The molecule has 18 unspecified atom stereocenters. The summed E-state index contributed by atoms with van der Waals surface area (Å²) in [6.45, 7) is 3.49. The van der Waals surface area contributed by atoms with Crippen LogP contribution in [0.2, 0.25) is 0 Å². The average molecular weight is 1500 g/mol. The van der Waals surface area contributed by atoms with Crippen molar-refractivity contribution in [1.29, 1.82) is 0 Å². The lowest BCUT2D eigenvalue weighted by Gasteiger charge is -2.49. The standard InChI is InChI=1S/C78H145O24P/c1-4-7-10-13-16-19-22-25-28-30-33-35-38-41-44-47-50-53-63(81)95-58-61-66(84)68(86)73(91)78(99-61)101-75-71(89)69(87)70(88)74(100-77-72(90)67(85)65(83)60(55-79)98-77)76(75)102-103(92,93)96-57-59(97-64(82)54-51-48-45-42-39-36-31-27-24-21-18-15-12-9-6-3)56-94-62(80)52-49-46-43-40-37-34-32-29-26-23-20-17-14-11-8-5-2/h21,24,59-61,65-79,83-91H,4-20,22-23,25-58H2,1-3H3,(H,92,93)/b24-21-. The van der Waals surface area contributed by atoms with Gasteiger partial charge in [-0.1, -0.05) is 283 Å². The fourth-order valence-electron chi connectivity index (χ4n) is 13.6. The largest absolute Gasteiger partial charge is 0.472 e. The zero-order valence-corrected chi connectivity index (χ0v) is 64.5. The van der Waals surface area contributed by atoms with Crippen molar-refractivity contribution in [2.24, 2.45) is 0 Å². The minimum Gasteiger partial charge on any atom is -0.463 e. The predicted octanol–water partition coefficient (Wildman–Crippen LogP) is 12.7. The summed E-state index contributed by atoms with van der Waals surface area (Å²) in [6.07, 6.45) is 21.0. The number of aliphatic hydroxyl groups is 10. The number of carbonyl (C=O) groups is 3. The number of ether oxygens (including phenoxy) is 7. The number of carbonyl (C=O) groups excluding carboxylic acids is 3. The van der Waals surface area contributed by atoms with Gasteiger partial charge in [0.1, 0.15) is 98.7 Å². The van der Waals surface area contributed by atoms with Gasteiger partial charge in [-0.15, -0.1) is 0 Å². The van der Waals surface area contributed by atoms with Crippen molar-refractivity contribution < 1.29 is 117 Å². The highest BCUT2D eigenvalue weighted by Gasteiger charge is 2.58. The molecule has 103 heavy (non-hydrogen) atoms. The second-order valence-corrected chi connectivity index (χ2v) is 30.9. The number of rotatable bonds is 65. The minimum absolute atomic E-state index is 0.0331. The SMILES string of the molecule is CCCCCC/C=C\CCCCCCCCCC(=O)OC(COC(=O)CCCCCCCCCCCCCCCCCC)COP(=O)(O)OC1C(OC2OC(CO)C(O)C(O)C2O)C(O)C(O)C(O)C1OC1OC(COC(=O)CCCCCCCCCCCCCCCCCCC)C(O)C(O)C1O. The Morgan fingerprint density at radius 1 is 0.369 bits per heavy atom. The molecule has 2 aliphatic heterocycles. The highest BCUT2D eigenvalue weighted by Crippen LogP contribution is 2.49. The molecule has 2 saturated heterocycles. The lowest BCUT2D eigenvalue weighted by Crippen LogP contribution is -2.69. The normalized spacial score (nSPS) is 26.9. The van der Waals surface area contributed by atoms with Gasteiger partial charge in [0.25, 0.3) is 0 Å². The van der Waals surface area contributed by atoms with E-state index < -0.39 is 156 Å². The molecule has 3 fully saturated rings. The monoisotopic (exact) mass is 1500 g/mol. The molecule has 25 heteroatoms. The van der Waals surface area contributed by atoms with Gasteiger partial charge in [0.05, 0.1) is 13.2 Å². The van der Waals surface area contributed by atoms with E-state index in [2.05, 4.69) is 32.9 Å². The number of phosphoric ester groups is 1. The summed E-state index contributed by atoms with van der Waals surface area (Å²) in [4.78, 5) is 51.2. The van der Waals surface area contributed by atoms with E-state index in [1.807, 2.05) is 0 Å². The van der Waals surface area contributed by atoms with E-state index in [9.17, 15) is 74.9 Å². The minimum atomic E-state index is -5.70. The second-order valence-electron chi connectivity index (χ2n) is 29.5. The molecule has 18 atom stereocenters. The van der Waals surface area contributed by atoms with Crippen LogP contribution in [-0.4, -0.2) is 204 Å². The summed E-state index contributed by atoms with van der Waals surface area (Å²) in [7, 11) is -5.70. The van der Waals surface area contributed by atoms with Crippen LogP contribution in [0.4, 0.5) is 0 Å². The molecular formula is C78H145O24P. The first-order chi connectivity index (χ1) is 49.8. The maximum Gasteiger partial charge on any atom is 0.472 e. The van der Waals surface area contributed by atoms with Gasteiger partial charge in [0, 0.05) is 19.3 Å². The maximum absolute atomic E-state index is 14.4. The van der Waals surface area contributed by atoms with Gasteiger partial charge in [-0.25, -0.2) is 4.57 Å². The molecule has 1 aliphatic carbocycles. The molecule has 24 nitrogen and oxygen atoms in total. The van der Waals surface area contributed by atoms with Gasteiger partial charge < -0.3 is 89.1 Å². The van der Waals surface area contributed by atoms with Crippen LogP contribution in [0.1, 0.15) is 335 Å². The molecule has 606 valence electrons. The molecule has 1 saturated carbocycles. The lowest BCUT2D eigenvalue weighted by atomic mass is 9.84. The molecule has 0 bridgehead atoms. The first kappa shape index (κ1) is 94.9. The summed E-state index contributed by atoms with van der Waals surface area (Å²) >= 11 is 0. The number of esters is 3. The first-order valence-electron chi connectivity index (χ1n) is 41.0. The second kappa shape index (κ2) is 59.6. The number of allylic oxidation sites excluding steroid dienone is 2. The number of phosphoric acid groups is 1. The van der Waals surface area contributed by atoms with Crippen LogP contribution in [0.15, 0.2) is 12.2 Å². The molecule has 11 N–H and O–H groups in total. The number of hydrogen-bond donors (Lipinski definition) is 11. The van der Waals surface area contributed by atoms with Crippen LogP contribution in [0.25, 0.3) is 0 Å². The lowest BCUT2D eigenvalue weighted by molar-refractivity contribution is -0.360. The molecule has 0 amide bonds. The fraction of sp³-hybridized carbons (Fsp3) is 0.936. The average Bonchev–Trinajstić information content (AvgIpc) is 0.761. The van der Waals surface area contributed by atoms with E-state index >= 15 is 0 Å². The van der Waals surface area contributed by atoms with Crippen LogP contribution >= 0.6 is 7.82 Å². The van der Waals surface area contributed by atoms with Crippen LogP contribution in [0.5, 0.6) is 0 Å². The van der Waals surface area contributed by atoms with Crippen LogP contribution < -0.4 is 0 Å². The Morgan fingerprint density at radius 3 is 1.06 bits per heavy atom. The van der Waals surface area contributed by atoms with Gasteiger partial charge in [-0.05, 0) is 44.9 Å². The highest BCUT2D eigenvalue weighted by molar-refractivity contribution is 7.47. The Morgan fingerprint density at radius 2 is 0.680 bits per heavy atom. The summed E-state index contributed by atoms with van der Waals surface area (Å²) in [5, 5.41) is 110. The van der Waals surface area contributed by atoms with E-state index in [1.165, 1.54) is 167 Å². The third kappa shape index (κ3) is 41.9. The molecule has 0 aromatic heterocycles. The number of hydrogen-bond acceptors (Lipinski definition) is 23. The Kier molecular flexibility index (Phi) is 54.9. The molecule has 0 aromatic carbocycles. The zero-order valence-electron chi connectivity index (χ0n) is 63.6. The molecule has 2 heterocycles. The Bertz CT molecular complexity index is 2160. The van der Waals surface area contributed by atoms with Gasteiger partial charge in [-0.2, -0.15) is 0 Å². The van der Waals surface area contributed by atoms with E-state index in [0.717, 1.165) is 109 Å². The summed E-state index contributed by atoms with van der Waals surface area (Å²) in [5.74, 6) is -1.98. The predicted molar refractivity (Wildman–Crippen MR) is 393 cm³/mol. The molecular weight excluding hydrogens is 1350 g/mol. The smallest absolute Gasteiger partial charge is 0.463 e. The van der Waals surface area contributed by atoms with Gasteiger partial charge in [0.2, 0.25) is 0 Å². The molecule has 3 rings (SSSR count). The highest BCUT2D eigenvalue weighted by atomic mass is 31.2. The van der Waals surface area contributed by atoms with Crippen molar-refractivity contribution in [1.82, 2.24) is 0 Å². The van der Waals surface area contributed by atoms with Crippen molar-refractivity contribution in [2.45, 2.75) is 440 Å². The fourth-order valence-corrected chi connectivity index (χ4v) is 14.6. The van der Waals surface area contributed by atoms with Crippen LogP contribution in [-0.2, 0) is 61.2 Å². The molecule has 3 aliphatic rings. The van der Waals surface area contributed by atoms with Crippen molar-refractivity contribution in [3.63, 3.8) is 0 Å². The molecule has 0 spiro atoms. The van der Waals surface area contributed by atoms with Crippen molar-refractivity contribution in [3.8, 4) is 0 Å². The van der Waals surface area contributed by atoms with Gasteiger partial charge in [-0.3, -0.25) is 23.4 Å². The van der Waals surface area contributed by atoms with E-state index in [1.54, 1.807) is 0 Å². The molecule has 0 radical (unpaired) electrons. The van der Waals surface area contributed by atoms with Gasteiger partial charge >= 0.3 is 25.7 Å². The van der Waals surface area contributed by atoms with Crippen molar-refractivity contribution in [2.75, 3.05) is 26.4 Å². The Hall–Kier alpha value is -2.30. The van der Waals surface area contributed by atoms with E-state index in [4.69, 9.17) is 42.2 Å². The zero-order chi connectivity index (χ0) is 75.3. The van der Waals surface area contributed by atoms with Crippen LogP contribution in [0.3, 0.4) is 0 Å². The topological polar surface area (TPSA) is 374 Å². The Balaban J connectivity index is 1.69. The maximum atomic E-state index is 14.4. The third-order valence-corrected chi connectivity index (χ3v) is 21.3. The van der Waals surface area contributed by atoms with Gasteiger partial charge in [0.15, 0.2) is 18.7 Å². The number of aliphatic hydroxyl groups excluding tert-OH is 10. The van der Waals surface area contributed by atoms with E-state index in [0.29, 0.717) is 19.3 Å². The van der Waals surface area contributed by atoms with Crippen LogP contribution in [0, 0.1) is 0 Å². The van der Waals surface area contributed by atoms with E-state index in [-0.39, 0.29) is 19.3 Å². The van der Waals surface area contributed by atoms with Crippen molar-refractivity contribution >= 4 is 25.7 Å². The third-order valence-electron chi connectivity index (χ3n) is 20.3. The molecule has 0 aromatic rings. The quantitative estimate of drug-likeness (QED) is 0.00886. The summed E-state index contributed by atoms with van der Waals surface area (Å²) < 4.78 is 65.2. The van der Waals surface area contributed by atoms with Crippen molar-refractivity contribution in [3.05, 3.63) is 12.2 Å². The first-order valence-corrected chi connectivity index (χ1v) is 42.5. The Labute approximate surface area is 618 Å². The number of unbranched alkanes of at least 4 members (excludes halogenated alkanes) is 42. The summed E-state index contributed by atoms with van der Waals surface area (Å²) in [6, 6.07) is 0.